The third-order valence-corrected chi connectivity index (χ3v) is 5.69. The van der Waals surface area contributed by atoms with Crippen molar-refractivity contribution in [2.24, 2.45) is 11.8 Å². The van der Waals surface area contributed by atoms with E-state index in [0.717, 1.165) is 55.1 Å². The minimum atomic E-state index is 0.742. The van der Waals surface area contributed by atoms with Gasteiger partial charge in [-0.2, -0.15) is 5.10 Å². The minimum absolute atomic E-state index is 0.742. The van der Waals surface area contributed by atoms with Gasteiger partial charge in [-0.3, -0.25) is 0 Å². The Morgan fingerprint density at radius 2 is 1.71 bits per heavy atom. The van der Waals surface area contributed by atoms with Crippen molar-refractivity contribution in [1.29, 1.82) is 0 Å². The lowest BCUT2D eigenvalue weighted by molar-refractivity contribution is 0.159. The van der Waals surface area contributed by atoms with Crippen molar-refractivity contribution >= 4 is 5.95 Å². The Bertz CT molecular complexity index is 524. The van der Waals surface area contributed by atoms with Gasteiger partial charge in [-0.15, -0.1) is 5.10 Å². The molecule has 2 saturated heterocycles. The molecule has 0 saturated carbocycles. The molecule has 0 spiro atoms. The van der Waals surface area contributed by atoms with E-state index in [4.69, 9.17) is 4.98 Å². The second kappa shape index (κ2) is 8.24. The molecule has 2 aliphatic heterocycles. The van der Waals surface area contributed by atoms with Gasteiger partial charge in [-0.05, 0) is 63.5 Å². The van der Waals surface area contributed by atoms with E-state index >= 15 is 0 Å². The molecule has 5 heteroatoms. The fourth-order valence-electron chi connectivity index (χ4n) is 4.07. The SMILES string of the molecule is CCc1nnc(N2CCCC(CN3CCC(C)CC3)C2)nc1CC. The van der Waals surface area contributed by atoms with Crippen LogP contribution in [0.4, 0.5) is 5.95 Å². The van der Waals surface area contributed by atoms with Crippen LogP contribution in [0.1, 0.15) is 57.8 Å². The molecule has 2 fully saturated rings. The van der Waals surface area contributed by atoms with E-state index in [1.165, 1.54) is 45.3 Å². The molecular weight excluding hydrogens is 298 g/mol. The van der Waals surface area contributed by atoms with Crippen LogP contribution in [0.5, 0.6) is 0 Å². The Kier molecular flexibility index (Phi) is 6.04. The lowest BCUT2D eigenvalue weighted by Gasteiger charge is -2.37. The standard InChI is InChI=1S/C19H33N5/c1-4-17-18(5-2)21-22-19(20-17)24-10-6-7-16(14-24)13-23-11-8-15(3)9-12-23/h15-16H,4-14H2,1-3H3. The van der Waals surface area contributed by atoms with E-state index in [1.54, 1.807) is 0 Å². The first kappa shape index (κ1) is 17.6. The Morgan fingerprint density at radius 3 is 2.42 bits per heavy atom. The lowest BCUT2D eigenvalue weighted by atomic mass is 9.94. The highest BCUT2D eigenvalue weighted by Crippen LogP contribution is 2.24. The fourth-order valence-corrected chi connectivity index (χ4v) is 4.07. The number of likely N-dealkylation sites (tertiary alicyclic amines) is 1. The summed E-state index contributed by atoms with van der Waals surface area (Å²) in [5.74, 6) is 2.50. The molecular formula is C19H33N5. The fraction of sp³-hybridized carbons (Fsp3) is 0.842. The van der Waals surface area contributed by atoms with Crippen LogP contribution in [0, 0.1) is 11.8 Å². The van der Waals surface area contributed by atoms with Crippen molar-refractivity contribution in [3.63, 3.8) is 0 Å². The Hall–Kier alpha value is -1.23. The molecule has 0 amide bonds. The molecule has 0 bridgehead atoms. The van der Waals surface area contributed by atoms with Crippen LogP contribution in [0.2, 0.25) is 0 Å². The second-order valence-corrected chi connectivity index (χ2v) is 7.65. The summed E-state index contributed by atoms with van der Waals surface area (Å²) in [4.78, 5) is 9.85. The van der Waals surface area contributed by atoms with Crippen LogP contribution in [0.25, 0.3) is 0 Å². The molecule has 1 aromatic heterocycles. The molecule has 134 valence electrons. The summed E-state index contributed by atoms with van der Waals surface area (Å²) in [7, 11) is 0. The number of piperidine rings is 2. The van der Waals surface area contributed by atoms with E-state index in [2.05, 4.69) is 40.8 Å². The zero-order valence-electron chi connectivity index (χ0n) is 15.7. The number of rotatable bonds is 5. The van der Waals surface area contributed by atoms with Gasteiger partial charge in [0.2, 0.25) is 5.95 Å². The summed E-state index contributed by atoms with van der Waals surface area (Å²) in [6, 6.07) is 0. The number of hydrogen-bond acceptors (Lipinski definition) is 5. The normalized spacial score (nSPS) is 23.6. The topological polar surface area (TPSA) is 45.2 Å². The van der Waals surface area contributed by atoms with Crippen LogP contribution in [0.3, 0.4) is 0 Å². The summed E-state index contributed by atoms with van der Waals surface area (Å²) in [6.07, 6.45) is 7.16. The first-order chi connectivity index (χ1) is 11.7. The van der Waals surface area contributed by atoms with Gasteiger partial charge in [0.15, 0.2) is 0 Å². The van der Waals surface area contributed by atoms with Crippen LogP contribution in [-0.4, -0.2) is 52.8 Å². The highest BCUT2D eigenvalue weighted by molar-refractivity contribution is 5.31. The molecule has 3 heterocycles. The molecule has 2 aliphatic rings. The summed E-state index contributed by atoms with van der Waals surface area (Å²) in [6.45, 7) is 12.6. The number of aryl methyl sites for hydroxylation is 2. The van der Waals surface area contributed by atoms with Crippen LogP contribution < -0.4 is 4.90 Å². The molecule has 1 aromatic rings. The third kappa shape index (κ3) is 4.24. The zero-order chi connectivity index (χ0) is 16.9. The number of nitrogens with zero attached hydrogens (tertiary/aromatic N) is 5. The average molecular weight is 332 g/mol. The molecule has 0 N–H and O–H groups in total. The summed E-state index contributed by atoms with van der Waals surface area (Å²) in [5.41, 5.74) is 2.17. The minimum Gasteiger partial charge on any atom is -0.339 e. The summed E-state index contributed by atoms with van der Waals surface area (Å²) in [5, 5.41) is 8.85. The van der Waals surface area contributed by atoms with Gasteiger partial charge in [0.25, 0.3) is 0 Å². The van der Waals surface area contributed by atoms with Crippen LogP contribution in [0.15, 0.2) is 0 Å². The van der Waals surface area contributed by atoms with Crippen molar-refractivity contribution < 1.29 is 0 Å². The quantitative estimate of drug-likeness (QED) is 0.830. The highest BCUT2D eigenvalue weighted by Gasteiger charge is 2.25. The smallest absolute Gasteiger partial charge is 0.245 e. The maximum atomic E-state index is 4.82. The second-order valence-electron chi connectivity index (χ2n) is 7.65. The van der Waals surface area contributed by atoms with Gasteiger partial charge in [0.1, 0.15) is 0 Å². The van der Waals surface area contributed by atoms with Crippen molar-refractivity contribution in [2.45, 2.75) is 59.3 Å². The highest BCUT2D eigenvalue weighted by atomic mass is 15.3. The predicted molar refractivity (Wildman–Crippen MR) is 98.4 cm³/mol. The Labute approximate surface area is 146 Å². The van der Waals surface area contributed by atoms with Crippen LogP contribution in [-0.2, 0) is 12.8 Å². The van der Waals surface area contributed by atoms with Crippen molar-refractivity contribution in [2.75, 3.05) is 37.6 Å². The first-order valence-electron chi connectivity index (χ1n) is 9.89. The van der Waals surface area contributed by atoms with Crippen molar-refractivity contribution in [3.8, 4) is 0 Å². The van der Waals surface area contributed by atoms with Crippen molar-refractivity contribution in [1.82, 2.24) is 20.1 Å². The monoisotopic (exact) mass is 331 g/mol. The lowest BCUT2D eigenvalue weighted by Crippen LogP contribution is -2.43. The predicted octanol–water partition coefficient (Wildman–Crippen LogP) is 2.94. The zero-order valence-corrected chi connectivity index (χ0v) is 15.7. The molecule has 0 aromatic carbocycles. The molecule has 24 heavy (non-hydrogen) atoms. The van der Waals surface area contributed by atoms with E-state index in [9.17, 15) is 0 Å². The van der Waals surface area contributed by atoms with Gasteiger partial charge >= 0.3 is 0 Å². The molecule has 1 atom stereocenters. The number of aromatic nitrogens is 3. The molecule has 0 aliphatic carbocycles. The average Bonchev–Trinajstić information content (AvgIpc) is 2.63. The van der Waals surface area contributed by atoms with E-state index < -0.39 is 0 Å². The van der Waals surface area contributed by atoms with Gasteiger partial charge < -0.3 is 9.80 Å². The number of hydrogen-bond donors (Lipinski definition) is 0. The Morgan fingerprint density at radius 1 is 0.958 bits per heavy atom. The molecule has 0 radical (unpaired) electrons. The van der Waals surface area contributed by atoms with Crippen molar-refractivity contribution in [3.05, 3.63) is 11.4 Å². The van der Waals surface area contributed by atoms with Gasteiger partial charge in [0.05, 0.1) is 11.4 Å². The van der Waals surface area contributed by atoms with E-state index in [1.807, 2.05) is 0 Å². The largest absolute Gasteiger partial charge is 0.339 e. The number of anilines is 1. The van der Waals surface area contributed by atoms with Gasteiger partial charge in [-0.1, -0.05) is 20.8 Å². The van der Waals surface area contributed by atoms with Crippen LogP contribution >= 0.6 is 0 Å². The third-order valence-electron chi connectivity index (χ3n) is 5.69. The first-order valence-corrected chi connectivity index (χ1v) is 9.89. The summed E-state index contributed by atoms with van der Waals surface area (Å²) >= 11 is 0. The maximum absolute atomic E-state index is 4.82. The van der Waals surface area contributed by atoms with Gasteiger partial charge in [0, 0.05) is 19.6 Å². The van der Waals surface area contributed by atoms with E-state index in [0.29, 0.717) is 0 Å². The van der Waals surface area contributed by atoms with Gasteiger partial charge in [-0.25, -0.2) is 4.98 Å². The molecule has 3 rings (SSSR count). The van der Waals surface area contributed by atoms with E-state index in [-0.39, 0.29) is 0 Å². The Balaban J connectivity index is 1.61. The maximum Gasteiger partial charge on any atom is 0.245 e. The molecule has 1 unspecified atom stereocenters. The molecule has 5 nitrogen and oxygen atoms in total. The summed E-state index contributed by atoms with van der Waals surface area (Å²) < 4.78 is 0.